The van der Waals surface area contributed by atoms with Gasteiger partial charge in [-0.15, -0.1) is 0 Å². The first-order chi connectivity index (χ1) is 13.5. The maximum Gasteiger partial charge on any atom is 0.257 e. The summed E-state index contributed by atoms with van der Waals surface area (Å²) >= 11 is 6.06. The van der Waals surface area contributed by atoms with Crippen molar-refractivity contribution in [2.24, 2.45) is 0 Å². The maximum atomic E-state index is 13.2. The fourth-order valence-electron chi connectivity index (χ4n) is 3.16. The number of amides is 1. The summed E-state index contributed by atoms with van der Waals surface area (Å²) in [5.74, 6) is 0.145. The smallest absolute Gasteiger partial charge is 0.257 e. The average molecular weight is 397 g/mol. The van der Waals surface area contributed by atoms with Crippen molar-refractivity contribution in [3.8, 4) is 17.5 Å². The molecule has 0 bridgehead atoms. The molecule has 3 aromatic rings. The number of benzene rings is 2. The lowest BCUT2D eigenvalue weighted by Gasteiger charge is -2.17. The first kappa shape index (κ1) is 18.1. The molecular weight excluding hydrogens is 383 g/mol. The Balaban J connectivity index is 1.48. The van der Waals surface area contributed by atoms with Crippen LogP contribution in [0.1, 0.15) is 29.3 Å². The van der Waals surface area contributed by atoms with E-state index in [0.717, 1.165) is 0 Å². The van der Waals surface area contributed by atoms with Crippen LogP contribution in [0.3, 0.4) is 0 Å². The van der Waals surface area contributed by atoms with E-state index in [2.05, 4.69) is 16.2 Å². The zero-order valence-electron chi connectivity index (χ0n) is 14.6. The van der Waals surface area contributed by atoms with Gasteiger partial charge in [-0.05, 0) is 42.0 Å². The number of hydrogen-bond acceptors (Lipinski definition) is 5. The molecule has 0 saturated carbocycles. The van der Waals surface area contributed by atoms with Crippen molar-refractivity contribution in [3.05, 3.63) is 70.3 Å². The van der Waals surface area contributed by atoms with Gasteiger partial charge in [0.25, 0.3) is 5.89 Å². The Hall–Kier alpha value is -3.24. The van der Waals surface area contributed by atoms with Crippen LogP contribution in [0.5, 0.6) is 0 Å². The summed E-state index contributed by atoms with van der Waals surface area (Å²) in [4.78, 5) is 18.4. The van der Waals surface area contributed by atoms with E-state index in [1.807, 2.05) is 0 Å². The van der Waals surface area contributed by atoms with Crippen LogP contribution in [0, 0.1) is 17.1 Å². The molecule has 1 amide bonds. The molecule has 2 heterocycles. The van der Waals surface area contributed by atoms with E-state index < -0.39 is 5.82 Å². The number of likely N-dealkylation sites (tertiary alicyclic amines) is 1. The van der Waals surface area contributed by atoms with Gasteiger partial charge in [-0.2, -0.15) is 10.2 Å². The second-order valence-electron chi connectivity index (χ2n) is 6.56. The highest BCUT2D eigenvalue weighted by molar-refractivity contribution is 6.31. The van der Waals surface area contributed by atoms with Crippen molar-refractivity contribution in [1.82, 2.24) is 15.0 Å². The first-order valence-corrected chi connectivity index (χ1v) is 8.97. The summed E-state index contributed by atoms with van der Waals surface area (Å²) in [6, 6.07) is 13.0. The van der Waals surface area contributed by atoms with Gasteiger partial charge in [0.1, 0.15) is 5.82 Å². The van der Waals surface area contributed by atoms with Crippen molar-refractivity contribution in [2.75, 3.05) is 6.54 Å². The van der Waals surface area contributed by atoms with Gasteiger partial charge in [0.2, 0.25) is 5.91 Å². The Labute approximate surface area is 165 Å². The lowest BCUT2D eigenvalue weighted by atomic mass is 10.1. The van der Waals surface area contributed by atoms with Crippen LogP contribution in [-0.2, 0) is 11.3 Å². The zero-order chi connectivity index (χ0) is 19.7. The summed E-state index contributed by atoms with van der Waals surface area (Å²) in [6.45, 7) is 0.730. The molecule has 0 N–H and O–H groups in total. The number of halogens is 2. The minimum atomic E-state index is -0.415. The third-order valence-electron chi connectivity index (χ3n) is 4.66. The molecule has 8 heteroatoms. The number of rotatable bonds is 4. The maximum absolute atomic E-state index is 13.2. The second kappa shape index (κ2) is 7.41. The predicted molar refractivity (Wildman–Crippen MR) is 98.6 cm³/mol. The van der Waals surface area contributed by atoms with E-state index in [1.165, 1.54) is 12.1 Å². The monoisotopic (exact) mass is 396 g/mol. The Morgan fingerprint density at radius 2 is 2.07 bits per heavy atom. The highest BCUT2D eigenvalue weighted by Gasteiger charge is 2.34. The predicted octanol–water partition coefficient (Wildman–Crippen LogP) is 3.92. The van der Waals surface area contributed by atoms with E-state index >= 15 is 0 Å². The molecule has 28 heavy (non-hydrogen) atoms. The minimum absolute atomic E-state index is 0.0462. The van der Waals surface area contributed by atoms with Gasteiger partial charge in [-0.1, -0.05) is 22.8 Å². The van der Waals surface area contributed by atoms with E-state index in [1.54, 1.807) is 35.2 Å². The van der Waals surface area contributed by atoms with Crippen molar-refractivity contribution in [3.63, 3.8) is 0 Å². The minimum Gasteiger partial charge on any atom is -0.338 e. The number of carbonyl (C=O) groups excluding carboxylic acids is 1. The fourth-order valence-corrected chi connectivity index (χ4v) is 3.39. The van der Waals surface area contributed by atoms with Gasteiger partial charge in [-0.25, -0.2) is 4.39 Å². The van der Waals surface area contributed by atoms with Gasteiger partial charge in [0.05, 0.1) is 11.6 Å². The van der Waals surface area contributed by atoms with Gasteiger partial charge in [0, 0.05) is 36.0 Å². The Bertz CT molecular complexity index is 1070. The molecule has 140 valence electrons. The molecule has 0 radical (unpaired) electrons. The summed E-state index contributed by atoms with van der Waals surface area (Å²) < 4.78 is 18.5. The normalized spacial score (nSPS) is 16.4. The molecule has 1 fully saturated rings. The van der Waals surface area contributed by atoms with E-state index in [0.29, 0.717) is 46.5 Å². The summed E-state index contributed by atoms with van der Waals surface area (Å²) in [6.07, 6.45) is 0.269. The van der Waals surface area contributed by atoms with Crippen LogP contribution in [-0.4, -0.2) is 27.5 Å². The van der Waals surface area contributed by atoms with Crippen LogP contribution in [0.15, 0.2) is 47.0 Å². The van der Waals surface area contributed by atoms with Crippen LogP contribution >= 0.6 is 11.6 Å². The van der Waals surface area contributed by atoms with Gasteiger partial charge in [0.15, 0.2) is 5.82 Å². The van der Waals surface area contributed by atoms with Gasteiger partial charge in [-0.3, -0.25) is 4.79 Å². The molecule has 2 aromatic carbocycles. The fraction of sp³-hybridized carbons (Fsp3) is 0.200. The molecule has 1 unspecified atom stereocenters. The van der Waals surface area contributed by atoms with Gasteiger partial charge < -0.3 is 9.42 Å². The Morgan fingerprint density at radius 3 is 2.79 bits per heavy atom. The van der Waals surface area contributed by atoms with E-state index in [-0.39, 0.29) is 18.2 Å². The molecule has 6 nitrogen and oxygen atoms in total. The molecule has 1 atom stereocenters. The number of nitrogens with zero attached hydrogens (tertiary/aromatic N) is 4. The van der Waals surface area contributed by atoms with Crippen molar-refractivity contribution in [1.29, 1.82) is 5.26 Å². The van der Waals surface area contributed by atoms with Crippen molar-refractivity contribution < 1.29 is 13.7 Å². The highest BCUT2D eigenvalue weighted by atomic mass is 35.5. The molecule has 0 spiro atoms. The second-order valence-corrected chi connectivity index (χ2v) is 6.97. The number of aromatic nitrogens is 2. The highest BCUT2D eigenvalue weighted by Crippen LogP contribution is 2.30. The quantitative estimate of drug-likeness (QED) is 0.667. The number of carbonyl (C=O) groups is 1. The largest absolute Gasteiger partial charge is 0.338 e. The summed E-state index contributed by atoms with van der Waals surface area (Å²) in [5, 5.41) is 13.2. The third-order valence-corrected chi connectivity index (χ3v) is 5.01. The lowest BCUT2D eigenvalue weighted by molar-refractivity contribution is -0.128. The molecular formula is C20H14ClFN4O2. The molecule has 1 aliphatic heterocycles. The van der Waals surface area contributed by atoms with Crippen molar-refractivity contribution >= 4 is 17.5 Å². The van der Waals surface area contributed by atoms with Crippen LogP contribution in [0.25, 0.3) is 11.5 Å². The van der Waals surface area contributed by atoms with Gasteiger partial charge >= 0.3 is 0 Å². The summed E-state index contributed by atoms with van der Waals surface area (Å²) in [5.41, 5.74) is 1.93. The zero-order valence-corrected chi connectivity index (χ0v) is 15.4. The summed E-state index contributed by atoms with van der Waals surface area (Å²) in [7, 11) is 0. The molecule has 1 saturated heterocycles. The van der Waals surface area contributed by atoms with E-state index in [9.17, 15) is 9.18 Å². The third kappa shape index (κ3) is 3.59. The number of hydrogen-bond donors (Lipinski definition) is 0. The first-order valence-electron chi connectivity index (χ1n) is 8.59. The molecule has 4 rings (SSSR count). The topological polar surface area (TPSA) is 83.0 Å². The SMILES string of the molecule is N#Cc1ccc(-c2nc(C3CC(=O)N(Cc4ccc(F)cc4Cl)C3)no2)cc1. The average Bonchev–Trinajstić information content (AvgIpc) is 3.31. The number of nitriles is 1. The Kier molecular flexibility index (Phi) is 4.80. The standard InChI is InChI=1S/C20H14ClFN4O2/c21-17-8-16(22)6-5-14(17)10-26-11-15(7-18(26)27)19-24-20(28-25-19)13-3-1-12(9-23)2-4-13/h1-6,8,15H,7,10-11H2. The van der Waals surface area contributed by atoms with Crippen LogP contribution < -0.4 is 0 Å². The molecule has 1 aromatic heterocycles. The van der Waals surface area contributed by atoms with Crippen LogP contribution in [0.2, 0.25) is 5.02 Å². The molecule has 1 aliphatic rings. The lowest BCUT2D eigenvalue weighted by Crippen LogP contribution is -2.24. The van der Waals surface area contributed by atoms with Crippen molar-refractivity contribution in [2.45, 2.75) is 18.9 Å². The van der Waals surface area contributed by atoms with Crippen LogP contribution in [0.4, 0.5) is 4.39 Å². The molecule has 0 aliphatic carbocycles. The Morgan fingerprint density at radius 1 is 1.29 bits per heavy atom. The van der Waals surface area contributed by atoms with E-state index in [4.69, 9.17) is 21.4 Å².